The van der Waals surface area contributed by atoms with Crippen molar-refractivity contribution in [3.63, 3.8) is 0 Å². The average Bonchev–Trinajstić information content (AvgIpc) is 0.864. The van der Waals surface area contributed by atoms with Gasteiger partial charge in [-0.05, 0) is 138 Å². The van der Waals surface area contributed by atoms with E-state index in [4.69, 9.17) is 29.6 Å². The van der Waals surface area contributed by atoms with E-state index in [0.29, 0.717) is 62.4 Å². The molecule has 21 nitrogen and oxygen atoms in total. The van der Waals surface area contributed by atoms with Gasteiger partial charge in [-0.2, -0.15) is 5.10 Å². The monoisotopic (exact) mass is 1290 g/mol. The highest BCUT2D eigenvalue weighted by molar-refractivity contribution is 7.22. The smallest absolute Gasteiger partial charge is 0.355 e. The first-order valence-electron chi connectivity index (χ1n) is 32.5. The van der Waals surface area contributed by atoms with Crippen molar-refractivity contribution >= 4 is 79.2 Å². The van der Waals surface area contributed by atoms with Crippen LogP contribution in [0.3, 0.4) is 0 Å². The van der Waals surface area contributed by atoms with Gasteiger partial charge in [-0.1, -0.05) is 88.8 Å². The van der Waals surface area contributed by atoms with E-state index in [1.165, 1.54) is 4.90 Å². The standard InChI is InChI=1S/C69H89N13O8S2/c1-11-67(9)37-68(40-82-45(5)51(35-71-82)50-23-24-55(74-57(50)64(87)88)80-28-14-16-49-42(2)60(77-78-61(49)80)76-65-73-52-17-12-13-18-54(52)92-65)26-15-27-69(38-67,39-68)90-33-30-79(10)29-32-89-31-25-56(84)75-59(66(6,7)8)63(86)81-36-48(83)34-53(81)62(85)72-43(3)46-19-21-47(22-20-46)58-44(4)70-41-91-58/h12-13,17-24,35,41,43,48,53,59,83H,11,14-16,25-34,36-40H2,1-10H3,(H,72,85)(H,75,84)(H,87,88)(H,73,76,77)/t43-,48+,53-,59+,67?,68?,69?/m0/s1. The number of aliphatic hydroxyl groups is 1. The van der Waals surface area contributed by atoms with E-state index in [9.17, 15) is 29.4 Å². The van der Waals surface area contributed by atoms with Gasteiger partial charge in [-0.15, -0.1) is 21.5 Å². The third kappa shape index (κ3) is 14.4. The van der Waals surface area contributed by atoms with Gasteiger partial charge in [0.05, 0.1) is 70.1 Å². The lowest BCUT2D eigenvalue weighted by atomic mass is 9.51. The Balaban J connectivity index is 0.659. The van der Waals surface area contributed by atoms with Crippen LogP contribution in [-0.2, 0) is 36.8 Å². The molecular weight excluding hydrogens is 1200 g/mol. The van der Waals surface area contributed by atoms with Crippen molar-refractivity contribution in [2.24, 2.45) is 16.2 Å². The number of aliphatic hydroxyl groups excluding tert-OH is 1. The molecule has 1 saturated heterocycles. The number of para-hydroxylation sites is 1. The number of amides is 3. The van der Waals surface area contributed by atoms with Crippen LogP contribution in [0.5, 0.6) is 0 Å². The largest absolute Gasteiger partial charge is 0.476 e. The number of likely N-dealkylation sites (N-methyl/N-ethyl adjacent to an activating group) is 1. The number of aromatic carboxylic acids is 1. The summed E-state index contributed by atoms with van der Waals surface area (Å²) < 4.78 is 16.2. The lowest BCUT2D eigenvalue weighted by Gasteiger charge is -2.58. The number of likely N-dealkylation sites (tertiary alicyclic amines) is 1. The van der Waals surface area contributed by atoms with Crippen LogP contribution < -0.4 is 20.9 Å². The highest BCUT2D eigenvalue weighted by Gasteiger charge is 2.55. The Morgan fingerprint density at radius 3 is 2.43 bits per heavy atom. The Hall–Kier alpha value is -7.28. The number of thiazole rings is 2. The van der Waals surface area contributed by atoms with Gasteiger partial charge in [0.25, 0.3) is 0 Å². The fraction of sp³-hybridized carbons (Fsp3) is 0.536. The number of carbonyl (C=O) groups is 4. The minimum atomic E-state index is -1.12. The number of ether oxygens (including phenoxy) is 2. The lowest BCUT2D eigenvalue weighted by molar-refractivity contribution is -0.174. The zero-order valence-electron chi connectivity index (χ0n) is 54.8. The normalized spacial score (nSPS) is 22.1. The third-order valence-electron chi connectivity index (χ3n) is 19.6. The van der Waals surface area contributed by atoms with Crippen molar-refractivity contribution in [3.8, 4) is 21.6 Å². The van der Waals surface area contributed by atoms with E-state index in [1.54, 1.807) is 28.9 Å². The molecule has 7 atom stereocenters. The summed E-state index contributed by atoms with van der Waals surface area (Å²) in [5, 5.41) is 45.9. The molecule has 0 radical (unpaired) electrons. The van der Waals surface area contributed by atoms with E-state index in [0.717, 1.165) is 117 Å². The first kappa shape index (κ1) is 66.2. The number of hydrogen-bond acceptors (Lipinski definition) is 18. The quantitative estimate of drug-likeness (QED) is 0.0353. The van der Waals surface area contributed by atoms with Crippen LogP contribution in [0.25, 0.3) is 31.8 Å². The van der Waals surface area contributed by atoms with Crippen LogP contribution in [0.2, 0.25) is 0 Å². The maximum Gasteiger partial charge on any atom is 0.355 e. The van der Waals surface area contributed by atoms with E-state index < -0.39 is 35.5 Å². The molecule has 7 heterocycles. The number of aromatic nitrogens is 7. The molecule has 2 aromatic carbocycles. The van der Waals surface area contributed by atoms with Gasteiger partial charge >= 0.3 is 5.97 Å². The number of aryl methyl sites for hydroxylation is 1. The van der Waals surface area contributed by atoms with E-state index in [1.807, 2.05) is 127 Å². The number of β-amino-alcohol motifs (C(OH)–C–C–N with tert-alkyl or cyclic N) is 1. The molecule has 11 rings (SSSR count). The zero-order chi connectivity index (χ0) is 65.3. The minimum Gasteiger partial charge on any atom is -0.476 e. The number of anilines is 4. The molecular formula is C69H89N13O8S2. The lowest BCUT2D eigenvalue weighted by Crippen LogP contribution is -2.58. The third-order valence-corrected chi connectivity index (χ3v) is 21.5. The molecule has 92 heavy (non-hydrogen) atoms. The summed E-state index contributed by atoms with van der Waals surface area (Å²) in [6, 6.07) is 17.5. The predicted octanol–water partition coefficient (Wildman–Crippen LogP) is 11.2. The Bertz CT molecular complexity index is 3790. The highest BCUT2D eigenvalue weighted by atomic mass is 32.1. The number of nitrogens with zero attached hydrogens (tertiary/aromatic N) is 10. The molecule has 0 spiro atoms. The van der Waals surface area contributed by atoms with Crippen LogP contribution >= 0.6 is 22.7 Å². The van der Waals surface area contributed by atoms with Gasteiger partial charge in [0.1, 0.15) is 17.9 Å². The molecule has 2 aliphatic heterocycles. The SMILES string of the molecule is CCC1(C)CC2(Cn3ncc(-c4ccc(N5CCCc6c5nnc(Nc5nc7ccccc7s5)c6C)nc4C(=O)O)c3C)CCCC(OCCN(C)CCOCCC(=O)N[C@H](C(=O)N3C[C@H](O)C[C@H]3C(=O)N[C@@H](C)c3ccc(-c4scnc4C)cc3)C(C)(C)C)(C1)C2. The van der Waals surface area contributed by atoms with E-state index >= 15 is 0 Å². The second-order valence-corrected chi connectivity index (χ2v) is 29.5. The number of fused-ring (bicyclic) bond motifs is 4. The van der Waals surface area contributed by atoms with Crippen molar-refractivity contribution in [3.05, 3.63) is 106 Å². The van der Waals surface area contributed by atoms with Crippen LogP contribution in [0.4, 0.5) is 22.6 Å². The number of pyridine rings is 1. The van der Waals surface area contributed by atoms with Gasteiger partial charge in [0, 0.05) is 73.5 Å². The fourth-order valence-corrected chi connectivity index (χ4v) is 16.4. The Kier molecular flexibility index (Phi) is 19.7. The molecule has 7 aromatic rings. The molecule has 490 valence electrons. The van der Waals surface area contributed by atoms with Gasteiger partial charge in [-0.3, -0.25) is 19.1 Å². The summed E-state index contributed by atoms with van der Waals surface area (Å²) in [6.45, 7) is 22.0. The predicted molar refractivity (Wildman–Crippen MR) is 359 cm³/mol. The molecule has 2 aliphatic carbocycles. The number of hydrogen-bond donors (Lipinski definition) is 5. The van der Waals surface area contributed by atoms with Crippen LogP contribution in [0.1, 0.15) is 150 Å². The second-order valence-electron chi connectivity index (χ2n) is 27.6. The average molecular weight is 1290 g/mol. The second kappa shape index (κ2) is 27.4. The molecule has 5 N–H and O–H groups in total. The number of benzene rings is 2. The van der Waals surface area contributed by atoms with Crippen molar-refractivity contribution < 1.29 is 38.9 Å². The summed E-state index contributed by atoms with van der Waals surface area (Å²) in [7, 11) is 2.05. The summed E-state index contributed by atoms with van der Waals surface area (Å²) in [6.07, 6.45) is 9.73. The van der Waals surface area contributed by atoms with Crippen molar-refractivity contribution in [1.82, 2.24) is 55.4 Å². The first-order valence-corrected chi connectivity index (χ1v) is 34.2. The van der Waals surface area contributed by atoms with E-state index in [2.05, 4.69) is 49.5 Å². The van der Waals surface area contributed by atoms with E-state index in [-0.39, 0.29) is 66.0 Å². The van der Waals surface area contributed by atoms with Gasteiger partial charge < -0.3 is 50.3 Å². The van der Waals surface area contributed by atoms with Gasteiger partial charge in [0.2, 0.25) is 17.7 Å². The summed E-state index contributed by atoms with van der Waals surface area (Å²) in [4.78, 5) is 75.3. The number of carboxylic acid groups (broad SMARTS) is 1. The fourth-order valence-electron chi connectivity index (χ4n) is 14.7. The Morgan fingerprint density at radius 1 is 0.913 bits per heavy atom. The molecule has 23 heteroatoms. The van der Waals surface area contributed by atoms with Crippen molar-refractivity contribution in [2.45, 2.75) is 169 Å². The van der Waals surface area contributed by atoms with Crippen molar-refractivity contribution in [1.29, 1.82) is 0 Å². The number of rotatable bonds is 24. The molecule has 3 fully saturated rings. The van der Waals surface area contributed by atoms with Crippen LogP contribution in [0, 0.1) is 37.0 Å². The minimum absolute atomic E-state index is 0.0113. The first-order chi connectivity index (χ1) is 43.9. The zero-order valence-corrected chi connectivity index (χ0v) is 56.4. The van der Waals surface area contributed by atoms with Gasteiger partial charge in [-0.25, -0.2) is 19.7 Å². The number of carboxylic acids is 1. The molecule has 5 aromatic heterocycles. The van der Waals surface area contributed by atoms with Gasteiger partial charge in [0.15, 0.2) is 22.5 Å². The highest BCUT2D eigenvalue weighted by Crippen LogP contribution is 2.60. The molecule has 2 bridgehead atoms. The topological polar surface area (TPSA) is 255 Å². The molecule has 4 aliphatic rings. The van der Waals surface area contributed by atoms with Crippen LogP contribution in [-0.4, -0.2) is 155 Å². The number of nitrogens with one attached hydrogen (secondary N) is 3. The molecule has 3 unspecified atom stereocenters. The summed E-state index contributed by atoms with van der Waals surface area (Å²) in [5.74, 6) is -0.406. The Labute approximate surface area is 547 Å². The maximum atomic E-state index is 14.3. The summed E-state index contributed by atoms with van der Waals surface area (Å²) in [5.41, 5.74) is 8.78. The number of carbonyl (C=O) groups excluding carboxylic acids is 3. The Morgan fingerprint density at radius 2 is 1.70 bits per heavy atom. The molecule has 2 saturated carbocycles. The molecule has 3 amide bonds. The summed E-state index contributed by atoms with van der Waals surface area (Å²) >= 11 is 3.14. The van der Waals surface area contributed by atoms with Crippen LogP contribution in [0.15, 0.2) is 72.4 Å². The maximum absolute atomic E-state index is 14.3. The van der Waals surface area contributed by atoms with Crippen molar-refractivity contribution in [2.75, 3.05) is 63.3 Å².